The van der Waals surface area contributed by atoms with Gasteiger partial charge in [-0.15, -0.1) is 0 Å². The van der Waals surface area contributed by atoms with Gasteiger partial charge < -0.3 is 29.3 Å². The summed E-state index contributed by atoms with van der Waals surface area (Å²) in [5.41, 5.74) is -3.27. The molecule has 1 heterocycles. The lowest BCUT2D eigenvalue weighted by molar-refractivity contribution is -0.253. The Labute approximate surface area is 181 Å². The van der Waals surface area contributed by atoms with Crippen molar-refractivity contribution in [1.82, 2.24) is 5.32 Å². The van der Waals surface area contributed by atoms with Crippen molar-refractivity contribution < 1.29 is 37.1 Å². The van der Waals surface area contributed by atoms with Crippen LogP contribution in [0.1, 0.15) is 60.5 Å². The maximum Gasteiger partial charge on any atom is 0.494 e. The van der Waals surface area contributed by atoms with E-state index >= 15 is 0 Å². The Balaban J connectivity index is 2.31. The Bertz CT molecular complexity index is 797. The average molecular weight is 444 g/mol. The first-order chi connectivity index (χ1) is 14.0. The molecule has 0 radical (unpaired) electrons. The molecule has 1 aromatic carbocycles. The first-order valence-corrected chi connectivity index (χ1v) is 10.1. The highest BCUT2D eigenvalue weighted by Crippen LogP contribution is 2.39. The van der Waals surface area contributed by atoms with E-state index < -0.39 is 47.4 Å². The first kappa shape index (κ1) is 25.3. The SMILES string of the molecule is CC(C)CC(C)(COc1ccc(B2OC(C)(C)C(C)(C)O2)cc1C(F)(F)F)NC(=O)[O-]. The zero-order valence-electron chi connectivity index (χ0n) is 19.0. The van der Waals surface area contributed by atoms with Gasteiger partial charge in [-0.2, -0.15) is 13.2 Å². The Kier molecular flexibility index (Phi) is 6.98. The third kappa shape index (κ3) is 6.07. The lowest BCUT2D eigenvalue weighted by Crippen LogP contribution is -2.55. The third-order valence-corrected chi connectivity index (χ3v) is 5.64. The van der Waals surface area contributed by atoms with Gasteiger partial charge >= 0.3 is 13.3 Å². The molecule has 1 saturated heterocycles. The Morgan fingerprint density at radius 2 is 1.74 bits per heavy atom. The minimum Gasteiger partial charge on any atom is -0.530 e. The van der Waals surface area contributed by atoms with Crippen LogP contribution in [0.4, 0.5) is 18.0 Å². The van der Waals surface area contributed by atoms with Crippen molar-refractivity contribution in [3.8, 4) is 5.75 Å². The number of amides is 1. The summed E-state index contributed by atoms with van der Waals surface area (Å²) in [6.07, 6.45) is -5.85. The van der Waals surface area contributed by atoms with Gasteiger partial charge in [0, 0.05) is 0 Å². The van der Waals surface area contributed by atoms with Crippen molar-refractivity contribution in [2.24, 2.45) is 5.92 Å². The van der Waals surface area contributed by atoms with Gasteiger partial charge in [-0.05, 0) is 64.6 Å². The highest BCUT2D eigenvalue weighted by atomic mass is 19.4. The molecule has 1 amide bonds. The first-order valence-electron chi connectivity index (χ1n) is 10.1. The fraction of sp³-hybridized carbons (Fsp3) is 0.667. The fourth-order valence-electron chi connectivity index (χ4n) is 3.55. The van der Waals surface area contributed by atoms with E-state index in [1.54, 1.807) is 6.92 Å². The molecule has 6 nitrogen and oxygen atoms in total. The lowest BCUT2D eigenvalue weighted by Gasteiger charge is -2.34. The maximum atomic E-state index is 13.8. The fourth-order valence-corrected chi connectivity index (χ4v) is 3.55. The molecule has 0 saturated carbocycles. The second-order valence-electron chi connectivity index (χ2n) is 9.70. The van der Waals surface area contributed by atoms with Crippen LogP contribution in [0.15, 0.2) is 18.2 Å². The molecular formula is C21H30BF3NO5-. The summed E-state index contributed by atoms with van der Waals surface area (Å²) in [4.78, 5) is 11.0. The van der Waals surface area contributed by atoms with Crippen molar-refractivity contribution in [2.75, 3.05) is 6.61 Å². The van der Waals surface area contributed by atoms with Crippen molar-refractivity contribution >= 4 is 18.7 Å². The van der Waals surface area contributed by atoms with Crippen molar-refractivity contribution in [2.45, 2.75) is 77.8 Å². The second kappa shape index (κ2) is 8.54. The largest absolute Gasteiger partial charge is 0.530 e. The molecule has 0 aliphatic carbocycles. The van der Waals surface area contributed by atoms with E-state index in [2.05, 4.69) is 5.32 Å². The molecule has 1 atom stereocenters. The molecule has 1 aliphatic heterocycles. The zero-order valence-corrected chi connectivity index (χ0v) is 19.0. The van der Waals surface area contributed by atoms with Crippen molar-refractivity contribution in [3.63, 3.8) is 0 Å². The predicted molar refractivity (Wildman–Crippen MR) is 109 cm³/mol. The Hall–Kier alpha value is -1.94. The van der Waals surface area contributed by atoms with Gasteiger partial charge in [0.1, 0.15) is 18.4 Å². The molecule has 0 aromatic heterocycles. The third-order valence-electron chi connectivity index (χ3n) is 5.64. The van der Waals surface area contributed by atoms with Crippen LogP contribution in [-0.2, 0) is 15.5 Å². The average Bonchev–Trinajstić information content (AvgIpc) is 2.78. The van der Waals surface area contributed by atoms with Gasteiger partial charge in [0.15, 0.2) is 0 Å². The number of hydrogen-bond acceptors (Lipinski definition) is 5. The summed E-state index contributed by atoms with van der Waals surface area (Å²) in [5.74, 6) is -0.323. The van der Waals surface area contributed by atoms with Gasteiger partial charge in [-0.1, -0.05) is 19.9 Å². The summed E-state index contributed by atoms with van der Waals surface area (Å²) in [6.45, 7) is 12.3. The molecule has 1 aromatic rings. The molecule has 174 valence electrons. The molecule has 10 heteroatoms. The van der Waals surface area contributed by atoms with Gasteiger partial charge in [-0.25, -0.2) is 0 Å². The smallest absolute Gasteiger partial charge is 0.494 e. The van der Waals surface area contributed by atoms with Crippen LogP contribution in [0, 0.1) is 5.92 Å². The van der Waals surface area contributed by atoms with Crippen LogP contribution in [0.3, 0.4) is 0 Å². The quantitative estimate of drug-likeness (QED) is 0.654. The Morgan fingerprint density at radius 3 is 2.19 bits per heavy atom. The van der Waals surface area contributed by atoms with Gasteiger partial charge in [0.25, 0.3) is 0 Å². The normalized spacial score (nSPS) is 19.9. The molecule has 1 N–H and O–H groups in total. The molecule has 1 fully saturated rings. The van der Waals surface area contributed by atoms with Crippen molar-refractivity contribution in [1.29, 1.82) is 0 Å². The molecule has 1 aliphatic rings. The monoisotopic (exact) mass is 444 g/mol. The standard InChI is InChI=1S/C21H31BF3NO5/c1-13(2)11-20(7,26-17(27)28)12-29-16-9-8-14(10-15(16)21(23,24)25)22-30-18(3,4)19(5,6)31-22/h8-10,13,26H,11-12H2,1-7H3,(H,27,28)/p-1. The number of hydrogen-bond donors (Lipinski definition) is 1. The second-order valence-corrected chi connectivity index (χ2v) is 9.70. The van der Waals surface area contributed by atoms with Crippen LogP contribution in [-0.4, -0.2) is 36.6 Å². The number of carbonyl (C=O) groups is 1. The molecule has 2 rings (SSSR count). The van der Waals surface area contributed by atoms with Gasteiger partial charge in [-0.3, -0.25) is 0 Å². The molecule has 1 unspecified atom stereocenters. The number of alkyl halides is 3. The molecule has 31 heavy (non-hydrogen) atoms. The van der Waals surface area contributed by atoms with E-state index in [0.29, 0.717) is 6.42 Å². The summed E-state index contributed by atoms with van der Waals surface area (Å²) >= 11 is 0. The van der Waals surface area contributed by atoms with Crippen LogP contribution >= 0.6 is 0 Å². The number of nitrogens with one attached hydrogen (secondary N) is 1. The van der Waals surface area contributed by atoms with E-state index in [-0.39, 0.29) is 18.0 Å². The molecule has 0 spiro atoms. The van der Waals surface area contributed by atoms with Gasteiger partial charge in [0.05, 0.1) is 22.3 Å². The minimum atomic E-state index is -4.69. The summed E-state index contributed by atoms with van der Waals surface area (Å²) in [6, 6.07) is 3.61. The van der Waals surface area contributed by atoms with Crippen molar-refractivity contribution in [3.05, 3.63) is 23.8 Å². The minimum absolute atomic E-state index is 0.0771. The number of carbonyl (C=O) groups excluding carboxylic acids is 1. The lowest BCUT2D eigenvalue weighted by atomic mass is 9.78. The number of benzene rings is 1. The topological polar surface area (TPSA) is 79.8 Å². The highest BCUT2D eigenvalue weighted by molar-refractivity contribution is 6.62. The number of halogens is 3. The van der Waals surface area contributed by atoms with E-state index in [0.717, 1.165) is 6.07 Å². The number of rotatable bonds is 7. The van der Waals surface area contributed by atoms with E-state index in [1.165, 1.54) is 12.1 Å². The maximum absolute atomic E-state index is 13.8. The Morgan fingerprint density at radius 1 is 1.19 bits per heavy atom. The van der Waals surface area contributed by atoms with E-state index in [9.17, 15) is 23.1 Å². The van der Waals surface area contributed by atoms with Crippen LogP contribution in [0.25, 0.3) is 0 Å². The highest BCUT2D eigenvalue weighted by Gasteiger charge is 2.52. The summed E-state index contributed by atoms with van der Waals surface area (Å²) < 4.78 is 58.5. The number of carboxylic acid groups (broad SMARTS) is 1. The molecular weight excluding hydrogens is 414 g/mol. The molecule has 0 bridgehead atoms. The van der Waals surface area contributed by atoms with Crippen LogP contribution in [0.2, 0.25) is 0 Å². The van der Waals surface area contributed by atoms with Gasteiger partial charge in [0.2, 0.25) is 0 Å². The van der Waals surface area contributed by atoms with Crippen LogP contribution < -0.4 is 20.6 Å². The summed E-state index contributed by atoms with van der Waals surface area (Å²) in [7, 11) is -0.953. The zero-order chi connectivity index (χ0) is 23.8. The number of ether oxygens (including phenoxy) is 1. The van der Waals surface area contributed by atoms with Crippen LogP contribution in [0.5, 0.6) is 5.75 Å². The summed E-state index contributed by atoms with van der Waals surface area (Å²) in [5, 5.41) is 13.3. The van der Waals surface area contributed by atoms with E-state index in [4.69, 9.17) is 14.0 Å². The predicted octanol–water partition coefficient (Wildman–Crippen LogP) is 3.12. The van der Waals surface area contributed by atoms with E-state index in [1.807, 2.05) is 41.5 Å².